The third-order valence-corrected chi connectivity index (χ3v) is 14.7. The van der Waals surface area contributed by atoms with Crippen LogP contribution in [-0.2, 0) is 71.1 Å². The number of hydrogen-bond acceptors (Lipinski definition) is 15. The quantitative estimate of drug-likeness (QED) is 0.265. The van der Waals surface area contributed by atoms with Gasteiger partial charge in [0.15, 0.2) is 53.6 Å². The van der Waals surface area contributed by atoms with E-state index in [0.29, 0.717) is 36.6 Å². The van der Waals surface area contributed by atoms with Crippen LogP contribution in [0.25, 0.3) is 0 Å². The first-order chi connectivity index (χ1) is 35.9. The number of hydrogen-bond donors (Lipinski definition) is 0. The number of ether oxygens (including phenoxy) is 15. The van der Waals surface area contributed by atoms with Gasteiger partial charge >= 0.3 is 0 Å². The zero-order chi connectivity index (χ0) is 63.8. The summed E-state index contributed by atoms with van der Waals surface area (Å²) >= 11 is 0. The van der Waals surface area contributed by atoms with E-state index >= 15 is 0 Å². The second-order valence-corrected chi connectivity index (χ2v) is 32.8. The van der Waals surface area contributed by atoms with Crippen LogP contribution in [0.4, 0.5) is 0 Å². The van der Waals surface area contributed by atoms with Crippen LogP contribution in [0.15, 0.2) is 0 Å². The maximum Gasteiger partial charge on any atom is 0.166 e. The smallest absolute Gasteiger partial charge is 0.166 e. The van der Waals surface area contributed by atoms with Gasteiger partial charge in [0, 0.05) is 59.9 Å². The van der Waals surface area contributed by atoms with E-state index < -0.39 is 34.7 Å². The summed E-state index contributed by atoms with van der Waals surface area (Å²) in [7, 11) is 5.02. The van der Waals surface area contributed by atoms with Crippen molar-refractivity contribution in [1.82, 2.24) is 0 Å². The lowest BCUT2D eigenvalue weighted by atomic mass is 9.85. The summed E-state index contributed by atoms with van der Waals surface area (Å²) in [5, 5.41) is 0. The minimum absolute atomic E-state index is 0.123. The molecule has 12 atom stereocenters. The molecule has 6 rings (SSSR count). The van der Waals surface area contributed by atoms with E-state index in [9.17, 15) is 0 Å². The molecule has 0 radical (unpaired) electrons. The molecule has 0 aliphatic carbocycles. The lowest BCUT2D eigenvalue weighted by molar-refractivity contribution is -0.358. The summed E-state index contributed by atoms with van der Waals surface area (Å²) in [6, 6.07) is 0. The standard InChI is InChI=1S/3C11H22O3.3C11H22O2/c3*1-10(2,3)8-7-9(12-6)14-11(4,5)13-8;3*1-8-7-9(10(2,3)4)13-11(5,6)12-8/h3*8-9H,7H2,1-6H3;3*8-9H,7H2,1-6H3. The molecule has 486 valence electrons. The van der Waals surface area contributed by atoms with E-state index in [1.54, 1.807) is 21.3 Å². The molecule has 12 unspecified atom stereocenters. The molecule has 0 aromatic rings. The van der Waals surface area contributed by atoms with Crippen molar-refractivity contribution in [3.8, 4) is 0 Å². The molecule has 0 amide bonds. The van der Waals surface area contributed by atoms with Crippen LogP contribution in [0.1, 0.15) is 267 Å². The first-order valence-electron chi connectivity index (χ1n) is 30.6. The van der Waals surface area contributed by atoms with Gasteiger partial charge in [-0.05, 0) is 136 Å². The fourth-order valence-electron chi connectivity index (χ4n) is 10.2. The highest BCUT2D eigenvalue weighted by Gasteiger charge is 2.45. The Labute approximate surface area is 498 Å². The van der Waals surface area contributed by atoms with Crippen LogP contribution in [0.5, 0.6) is 0 Å². The molecular formula is C66H132O15. The summed E-state index contributed by atoms with van der Waals surface area (Å²) < 4.78 is 84.9. The Morgan fingerprint density at radius 3 is 0.494 bits per heavy atom. The van der Waals surface area contributed by atoms with Gasteiger partial charge in [-0.1, -0.05) is 125 Å². The largest absolute Gasteiger partial charge is 0.356 e. The Morgan fingerprint density at radius 2 is 0.370 bits per heavy atom. The van der Waals surface area contributed by atoms with Gasteiger partial charge in [-0.3, -0.25) is 0 Å². The summed E-state index contributed by atoms with van der Waals surface area (Å²) in [6.07, 6.45) is 7.23. The monoisotopic (exact) mass is 1160 g/mol. The molecule has 0 bridgehead atoms. The maximum absolute atomic E-state index is 5.89. The summed E-state index contributed by atoms with van der Waals surface area (Å²) in [5.74, 6) is -2.90. The highest BCUT2D eigenvalue weighted by Crippen LogP contribution is 2.41. The van der Waals surface area contributed by atoms with Gasteiger partial charge in [0.25, 0.3) is 0 Å². The normalized spacial score (nSPS) is 33.8. The molecule has 6 heterocycles. The molecular weight excluding hydrogens is 1030 g/mol. The van der Waals surface area contributed by atoms with Crippen LogP contribution in [-0.4, -0.2) is 130 Å². The first-order valence-corrected chi connectivity index (χ1v) is 30.6. The minimum atomic E-state index is -0.545. The maximum atomic E-state index is 5.89. The van der Waals surface area contributed by atoms with Gasteiger partial charge in [0.2, 0.25) is 0 Å². The van der Waals surface area contributed by atoms with Crippen LogP contribution < -0.4 is 0 Å². The van der Waals surface area contributed by atoms with E-state index in [2.05, 4.69) is 145 Å². The fraction of sp³-hybridized carbons (Fsp3) is 1.00. The topological polar surface area (TPSA) is 138 Å². The molecule has 81 heavy (non-hydrogen) atoms. The third kappa shape index (κ3) is 30.2. The lowest BCUT2D eigenvalue weighted by Gasteiger charge is -2.44. The number of rotatable bonds is 3. The summed E-state index contributed by atoms with van der Waals surface area (Å²) in [4.78, 5) is 0. The molecule has 0 saturated carbocycles. The zero-order valence-electron chi connectivity index (χ0n) is 59.3. The van der Waals surface area contributed by atoms with Gasteiger partial charge in [-0.15, -0.1) is 0 Å². The molecule has 6 fully saturated rings. The predicted molar refractivity (Wildman–Crippen MR) is 325 cm³/mol. The average molecular weight is 1170 g/mol. The van der Waals surface area contributed by atoms with Gasteiger partial charge in [-0.25, -0.2) is 0 Å². The third-order valence-electron chi connectivity index (χ3n) is 14.7. The van der Waals surface area contributed by atoms with Crippen molar-refractivity contribution < 1.29 is 71.1 Å². The lowest BCUT2D eigenvalue weighted by Crippen LogP contribution is -2.49. The van der Waals surface area contributed by atoms with Crippen LogP contribution >= 0.6 is 0 Å². The Bertz CT molecular complexity index is 1580. The van der Waals surface area contributed by atoms with Crippen molar-refractivity contribution in [2.24, 2.45) is 32.5 Å². The second-order valence-electron chi connectivity index (χ2n) is 32.8. The molecule has 0 N–H and O–H groups in total. The van der Waals surface area contributed by atoms with Crippen molar-refractivity contribution in [3.05, 3.63) is 0 Å². The summed E-state index contributed by atoms with van der Waals surface area (Å²) in [6.45, 7) is 69.3. The van der Waals surface area contributed by atoms with Gasteiger partial charge in [0.1, 0.15) is 0 Å². The van der Waals surface area contributed by atoms with Gasteiger partial charge in [-0.2, -0.15) is 0 Å². The van der Waals surface area contributed by atoms with Gasteiger partial charge < -0.3 is 71.1 Å². The fourth-order valence-corrected chi connectivity index (χ4v) is 10.2. The van der Waals surface area contributed by atoms with Crippen molar-refractivity contribution in [2.75, 3.05) is 21.3 Å². The Hall–Kier alpha value is -0.600. The van der Waals surface area contributed by atoms with Crippen LogP contribution in [0.2, 0.25) is 0 Å². The average Bonchev–Trinajstić information content (AvgIpc) is 3.22. The minimum Gasteiger partial charge on any atom is -0.356 e. The highest BCUT2D eigenvalue weighted by atomic mass is 16.8. The highest BCUT2D eigenvalue weighted by molar-refractivity contribution is 4.87. The summed E-state index contributed by atoms with van der Waals surface area (Å²) in [5.41, 5.74) is 0.980. The van der Waals surface area contributed by atoms with Gasteiger partial charge in [0.05, 0.1) is 54.9 Å². The molecule has 0 spiro atoms. The van der Waals surface area contributed by atoms with Crippen LogP contribution in [0, 0.1) is 32.5 Å². The Balaban J connectivity index is 0.000000486. The van der Waals surface area contributed by atoms with Crippen molar-refractivity contribution in [3.63, 3.8) is 0 Å². The molecule has 6 aliphatic heterocycles. The van der Waals surface area contributed by atoms with Crippen molar-refractivity contribution >= 4 is 0 Å². The molecule has 15 nitrogen and oxygen atoms in total. The van der Waals surface area contributed by atoms with E-state index in [1.165, 1.54) is 0 Å². The van der Waals surface area contributed by atoms with E-state index in [0.717, 1.165) is 38.5 Å². The SMILES string of the molecule is CC1CC(C(C)(C)C)OC(C)(C)O1.CC1CC(C(C)(C)C)OC(C)(C)O1.CC1CC(C(C)(C)C)OC(C)(C)O1.COC1CC(C(C)(C)C)OC(C)(C)O1.COC1CC(C(C)(C)C)OC(C)(C)O1.COC1CC(C(C)(C)C)OC(C)(C)O1. The van der Waals surface area contributed by atoms with E-state index in [-0.39, 0.29) is 69.7 Å². The number of methoxy groups -OCH3 is 3. The zero-order valence-corrected chi connectivity index (χ0v) is 59.3. The first kappa shape index (κ1) is 78.4. The molecule has 15 heteroatoms. The van der Waals surface area contributed by atoms with Crippen LogP contribution in [0.3, 0.4) is 0 Å². The molecule has 0 aromatic carbocycles. The van der Waals surface area contributed by atoms with Crippen molar-refractivity contribution in [1.29, 1.82) is 0 Å². The molecule has 6 saturated heterocycles. The predicted octanol–water partition coefficient (Wildman–Crippen LogP) is 16.5. The molecule has 0 aromatic heterocycles. The second kappa shape index (κ2) is 29.6. The van der Waals surface area contributed by atoms with E-state index in [1.807, 2.05) is 83.1 Å². The molecule has 6 aliphatic rings. The Morgan fingerprint density at radius 1 is 0.235 bits per heavy atom. The Kier molecular flexibility index (Phi) is 28.7. The van der Waals surface area contributed by atoms with Crippen molar-refractivity contribution in [2.45, 2.75) is 376 Å². The van der Waals surface area contributed by atoms with E-state index in [4.69, 9.17) is 71.1 Å².